The normalized spacial score (nSPS) is 24.6. The summed E-state index contributed by atoms with van der Waals surface area (Å²) in [4.78, 5) is 0. The smallest absolute Gasteiger partial charge is 0.214 e. The lowest BCUT2D eigenvalue weighted by molar-refractivity contribution is -0.0908. The Bertz CT molecular complexity index is 687. The second kappa shape index (κ2) is 9.19. The standard InChI is InChI=1S/C15H22Cl2N2O4S.ClH/c1-10(2)24(21,22)19-9-15(20)8-18-5-6-23-14(15)11-3-4-12(16)13(17)7-11;/h3-4,7,10,14,18-20H,5-6,8-9H2,1-2H3;1H. The number of rotatable bonds is 5. The summed E-state index contributed by atoms with van der Waals surface area (Å²) in [5.41, 5.74) is -0.824. The first-order valence-corrected chi connectivity index (χ1v) is 9.94. The summed E-state index contributed by atoms with van der Waals surface area (Å²) in [5.74, 6) is 0. The summed E-state index contributed by atoms with van der Waals surface area (Å²) in [6, 6.07) is 4.97. The van der Waals surface area contributed by atoms with Gasteiger partial charge in [0.15, 0.2) is 0 Å². The van der Waals surface area contributed by atoms with Crippen molar-refractivity contribution in [1.82, 2.24) is 10.0 Å². The van der Waals surface area contributed by atoms with Gasteiger partial charge in [-0.25, -0.2) is 13.1 Å². The molecule has 0 aromatic heterocycles. The van der Waals surface area contributed by atoms with Crippen molar-refractivity contribution in [2.75, 3.05) is 26.2 Å². The highest BCUT2D eigenvalue weighted by atomic mass is 35.5. The number of aliphatic hydroxyl groups is 1. The van der Waals surface area contributed by atoms with Crippen LogP contribution in [0.3, 0.4) is 0 Å². The zero-order valence-electron chi connectivity index (χ0n) is 14.0. The number of β-amino-alcohol motifs (C(OH)–C–C–N with tert-alkyl or cyclic N) is 1. The minimum atomic E-state index is -3.51. The average Bonchev–Trinajstić information content (AvgIpc) is 2.70. The molecule has 1 aliphatic heterocycles. The summed E-state index contributed by atoms with van der Waals surface area (Å²) in [6.45, 7) is 4.08. The molecule has 1 aromatic carbocycles. The third-order valence-electron chi connectivity index (χ3n) is 3.93. The van der Waals surface area contributed by atoms with E-state index < -0.39 is 27.0 Å². The number of hydrogen-bond donors (Lipinski definition) is 3. The fourth-order valence-corrected chi connectivity index (χ4v) is 3.52. The van der Waals surface area contributed by atoms with E-state index in [1.165, 1.54) is 0 Å². The van der Waals surface area contributed by atoms with Gasteiger partial charge in [0.1, 0.15) is 11.7 Å². The number of hydrogen-bond acceptors (Lipinski definition) is 5. The first-order chi connectivity index (χ1) is 11.2. The maximum absolute atomic E-state index is 12.0. The van der Waals surface area contributed by atoms with E-state index in [0.29, 0.717) is 28.8 Å². The highest BCUT2D eigenvalue weighted by molar-refractivity contribution is 7.90. The topological polar surface area (TPSA) is 87.7 Å². The van der Waals surface area contributed by atoms with Crippen LogP contribution in [0.25, 0.3) is 0 Å². The molecule has 0 amide bonds. The van der Waals surface area contributed by atoms with Crippen LogP contribution in [0.5, 0.6) is 0 Å². The molecule has 0 radical (unpaired) electrons. The zero-order valence-corrected chi connectivity index (χ0v) is 17.1. The molecular weight excluding hydrogens is 411 g/mol. The monoisotopic (exact) mass is 432 g/mol. The lowest BCUT2D eigenvalue weighted by atomic mass is 9.91. The Labute approximate surface area is 164 Å². The maximum atomic E-state index is 12.0. The van der Waals surface area contributed by atoms with Crippen molar-refractivity contribution in [2.45, 2.75) is 30.8 Å². The molecule has 0 spiro atoms. The van der Waals surface area contributed by atoms with Crippen LogP contribution < -0.4 is 10.0 Å². The van der Waals surface area contributed by atoms with Crippen LogP contribution in [-0.4, -0.2) is 50.6 Å². The molecule has 0 aliphatic carbocycles. The molecule has 2 atom stereocenters. The molecule has 0 saturated carbocycles. The SMILES string of the molecule is CC(C)S(=O)(=O)NCC1(O)CNCCOC1c1ccc(Cl)c(Cl)c1.Cl. The molecule has 1 saturated heterocycles. The number of ether oxygens (including phenoxy) is 1. The summed E-state index contributed by atoms with van der Waals surface area (Å²) >= 11 is 12.0. The lowest BCUT2D eigenvalue weighted by Gasteiger charge is -2.34. The Morgan fingerprint density at radius 2 is 2.08 bits per heavy atom. The van der Waals surface area contributed by atoms with Crippen LogP contribution in [0, 0.1) is 0 Å². The van der Waals surface area contributed by atoms with Crippen LogP contribution in [-0.2, 0) is 14.8 Å². The molecule has 25 heavy (non-hydrogen) atoms. The third kappa shape index (κ3) is 5.68. The van der Waals surface area contributed by atoms with Crippen LogP contribution in [0.2, 0.25) is 10.0 Å². The van der Waals surface area contributed by atoms with E-state index in [2.05, 4.69) is 10.0 Å². The predicted octanol–water partition coefficient (Wildman–Crippen LogP) is 2.14. The number of benzene rings is 1. The maximum Gasteiger partial charge on any atom is 0.214 e. The Hall–Kier alpha value is -0.120. The van der Waals surface area contributed by atoms with Crippen LogP contribution in [0.15, 0.2) is 18.2 Å². The van der Waals surface area contributed by atoms with Crippen molar-refractivity contribution in [2.24, 2.45) is 0 Å². The molecular formula is C15H23Cl3N2O4S. The van der Waals surface area contributed by atoms with Crippen molar-refractivity contribution in [3.05, 3.63) is 33.8 Å². The van der Waals surface area contributed by atoms with Gasteiger partial charge >= 0.3 is 0 Å². The zero-order chi connectivity index (χ0) is 18.0. The molecule has 1 aliphatic rings. The van der Waals surface area contributed by atoms with E-state index in [1.807, 2.05) is 0 Å². The van der Waals surface area contributed by atoms with Crippen molar-refractivity contribution in [3.63, 3.8) is 0 Å². The van der Waals surface area contributed by atoms with Gasteiger partial charge in [-0.15, -0.1) is 12.4 Å². The fourth-order valence-electron chi connectivity index (χ4n) is 2.43. The van der Waals surface area contributed by atoms with Gasteiger partial charge < -0.3 is 15.2 Å². The predicted molar refractivity (Wildman–Crippen MR) is 102 cm³/mol. The van der Waals surface area contributed by atoms with Gasteiger partial charge in [-0.2, -0.15) is 0 Å². The fraction of sp³-hybridized carbons (Fsp3) is 0.600. The molecule has 1 fully saturated rings. The summed E-state index contributed by atoms with van der Waals surface area (Å²) in [7, 11) is -3.51. The van der Waals surface area contributed by atoms with Gasteiger partial charge in [0.2, 0.25) is 10.0 Å². The van der Waals surface area contributed by atoms with Crippen LogP contribution in [0.1, 0.15) is 25.5 Å². The van der Waals surface area contributed by atoms with E-state index in [-0.39, 0.29) is 25.5 Å². The Balaban J connectivity index is 0.00000312. The first kappa shape index (κ1) is 22.9. The van der Waals surface area contributed by atoms with Crippen molar-refractivity contribution in [1.29, 1.82) is 0 Å². The Morgan fingerprint density at radius 3 is 2.68 bits per heavy atom. The van der Waals surface area contributed by atoms with Crippen molar-refractivity contribution < 1.29 is 18.3 Å². The third-order valence-corrected chi connectivity index (χ3v) is 6.46. The molecule has 6 nitrogen and oxygen atoms in total. The van der Waals surface area contributed by atoms with E-state index >= 15 is 0 Å². The largest absolute Gasteiger partial charge is 0.384 e. The van der Waals surface area contributed by atoms with Gasteiger partial charge in [0.05, 0.1) is 21.9 Å². The van der Waals surface area contributed by atoms with Gasteiger partial charge in [-0.05, 0) is 31.5 Å². The molecule has 3 N–H and O–H groups in total. The van der Waals surface area contributed by atoms with E-state index in [9.17, 15) is 13.5 Å². The van der Waals surface area contributed by atoms with E-state index in [1.54, 1.807) is 32.0 Å². The average molecular weight is 434 g/mol. The number of halogens is 3. The summed E-state index contributed by atoms with van der Waals surface area (Å²) in [6.07, 6.45) is -0.739. The van der Waals surface area contributed by atoms with Crippen molar-refractivity contribution >= 4 is 45.6 Å². The van der Waals surface area contributed by atoms with Crippen LogP contribution in [0.4, 0.5) is 0 Å². The molecule has 144 valence electrons. The molecule has 2 unspecified atom stereocenters. The minimum Gasteiger partial charge on any atom is -0.384 e. The van der Waals surface area contributed by atoms with E-state index in [0.717, 1.165) is 0 Å². The molecule has 1 heterocycles. The summed E-state index contributed by atoms with van der Waals surface area (Å²) in [5, 5.41) is 14.3. The molecule has 2 rings (SSSR count). The van der Waals surface area contributed by atoms with Gasteiger partial charge in [0.25, 0.3) is 0 Å². The second-order valence-electron chi connectivity index (χ2n) is 6.12. The highest BCUT2D eigenvalue weighted by Crippen LogP contribution is 2.34. The van der Waals surface area contributed by atoms with Crippen molar-refractivity contribution in [3.8, 4) is 0 Å². The molecule has 10 heteroatoms. The van der Waals surface area contributed by atoms with Crippen LogP contribution >= 0.6 is 35.6 Å². The molecule has 1 aromatic rings. The van der Waals surface area contributed by atoms with E-state index in [4.69, 9.17) is 27.9 Å². The second-order valence-corrected chi connectivity index (χ2v) is 9.26. The van der Waals surface area contributed by atoms with Gasteiger partial charge in [-0.1, -0.05) is 29.3 Å². The Morgan fingerprint density at radius 1 is 1.40 bits per heavy atom. The molecule has 0 bridgehead atoms. The summed E-state index contributed by atoms with van der Waals surface area (Å²) < 4.78 is 32.3. The Kier molecular flexibility index (Phi) is 8.43. The number of nitrogens with one attached hydrogen (secondary N) is 2. The quantitative estimate of drug-likeness (QED) is 0.662. The first-order valence-electron chi connectivity index (χ1n) is 7.64. The minimum absolute atomic E-state index is 0. The van der Waals surface area contributed by atoms with Gasteiger partial charge in [0, 0.05) is 19.6 Å². The van der Waals surface area contributed by atoms with Gasteiger partial charge in [-0.3, -0.25) is 0 Å². The lowest BCUT2D eigenvalue weighted by Crippen LogP contribution is -2.53. The highest BCUT2D eigenvalue weighted by Gasteiger charge is 2.41. The number of sulfonamides is 1.